The van der Waals surface area contributed by atoms with Crippen molar-refractivity contribution in [3.05, 3.63) is 30.0 Å². The number of para-hydroxylation sites is 1. The van der Waals surface area contributed by atoms with Crippen LogP contribution in [-0.2, 0) is 6.54 Å². The summed E-state index contributed by atoms with van der Waals surface area (Å²) in [5.74, 6) is 0.414. The third-order valence-corrected chi connectivity index (χ3v) is 2.51. The highest BCUT2D eigenvalue weighted by molar-refractivity contribution is 5.88. The molecule has 0 amide bonds. The highest BCUT2D eigenvalue weighted by Crippen LogP contribution is 2.30. The zero-order valence-electron chi connectivity index (χ0n) is 7.91. The molecule has 0 atom stereocenters. The fourth-order valence-corrected chi connectivity index (χ4v) is 1.82. The molecule has 0 aliphatic rings. The van der Waals surface area contributed by atoms with E-state index < -0.39 is 0 Å². The van der Waals surface area contributed by atoms with E-state index in [0.717, 1.165) is 23.1 Å². The van der Waals surface area contributed by atoms with Crippen LogP contribution < -0.4 is 0 Å². The summed E-state index contributed by atoms with van der Waals surface area (Å²) < 4.78 is 2.12. The lowest BCUT2D eigenvalue weighted by molar-refractivity contribution is 0.473. The summed E-state index contributed by atoms with van der Waals surface area (Å²) in [5, 5.41) is 10.7. The van der Waals surface area contributed by atoms with E-state index in [4.69, 9.17) is 0 Å². The Morgan fingerprint density at radius 3 is 2.69 bits per heavy atom. The number of hydrogen-bond donors (Lipinski definition) is 1. The SMILES string of the molecule is CCn1c(C)c(O)c2ccccc21. The molecule has 2 nitrogen and oxygen atoms in total. The Morgan fingerprint density at radius 1 is 1.31 bits per heavy atom. The van der Waals surface area contributed by atoms with Crippen LogP contribution in [-0.4, -0.2) is 9.67 Å². The summed E-state index contributed by atoms with van der Waals surface area (Å²) in [7, 11) is 0. The molecule has 0 unspecified atom stereocenters. The Balaban J connectivity index is 2.90. The minimum Gasteiger partial charge on any atom is -0.505 e. The second-order valence-corrected chi connectivity index (χ2v) is 3.20. The molecule has 0 aliphatic heterocycles. The van der Waals surface area contributed by atoms with Gasteiger partial charge in [0.05, 0.1) is 11.2 Å². The maximum absolute atomic E-state index is 9.79. The molecule has 0 saturated carbocycles. The first-order chi connectivity index (χ1) is 6.25. The maximum atomic E-state index is 9.79. The average Bonchev–Trinajstić information content (AvgIpc) is 2.41. The van der Waals surface area contributed by atoms with Gasteiger partial charge in [-0.3, -0.25) is 0 Å². The van der Waals surface area contributed by atoms with E-state index >= 15 is 0 Å². The highest BCUT2D eigenvalue weighted by Gasteiger charge is 2.10. The van der Waals surface area contributed by atoms with Crippen LogP contribution in [0.25, 0.3) is 10.9 Å². The molecule has 13 heavy (non-hydrogen) atoms. The number of hydrogen-bond acceptors (Lipinski definition) is 1. The second-order valence-electron chi connectivity index (χ2n) is 3.20. The van der Waals surface area contributed by atoms with E-state index in [1.54, 1.807) is 0 Å². The van der Waals surface area contributed by atoms with Crippen LogP contribution in [0.4, 0.5) is 0 Å². The Labute approximate surface area is 77.4 Å². The minimum atomic E-state index is 0.414. The molecule has 68 valence electrons. The lowest BCUT2D eigenvalue weighted by Crippen LogP contribution is -1.95. The molecule has 0 fully saturated rings. The standard InChI is InChI=1S/C11H13NO/c1-3-12-8(2)11(13)9-6-4-5-7-10(9)12/h4-7,13H,3H2,1-2H3. The van der Waals surface area contributed by atoms with E-state index in [1.807, 2.05) is 31.2 Å². The number of fused-ring (bicyclic) bond motifs is 1. The molecule has 2 heteroatoms. The van der Waals surface area contributed by atoms with Gasteiger partial charge in [0.2, 0.25) is 0 Å². The third-order valence-electron chi connectivity index (χ3n) is 2.51. The average molecular weight is 175 g/mol. The van der Waals surface area contributed by atoms with Gasteiger partial charge in [0.25, 0.3) is 0 Å². The van der Waals surface area contributed by atoms with Crippen molar-refractivity contribution in [1.82, 2.24) is 4.57 Å². The first-order valence-electron chi connectivity index (χ1n) is 4.52. The largest absolute Gasteiger partial charge is 0.505 e. The van der Waals surface area contributed by atoms with Gasteiger partial charge >= 0.3 is 0 Å². The molecular formula is C11H13NO. The van der Waals surface area contributed by atoms with Crippen molar-refractivity contribution < 1.29 is 5.11 Å². The highest BCUT2D eigenvalue weighted by atomic mass is 16.3. The number of benzene rings is 1. The number of aromatic nitrogens is 1. The van der Waals surface area contributed by atoms with Gasteiger partial charge in [0.15, 0.2) is 0 Å². The normalized spacial score (nSPS) is 10.9. The van der Waals surface area contributed by atoms with Crippen LogP contribution in [0.3, 0.4) is 0 Å². The predicted molar refractivity (Wildman–Crippen MR) is 54.0 cm³/mol. The topological polar surface area (TPSA) is 25.2 Å². The predicted octanol–water partition coefficient (Wildman–Crippen LogP) is 2.68. The molecule has 1 heterocycles. The lowest BCUT2D eigenvalue weighted by atomic mass is 10.2. The van der Waals surface area contributed by atoms with Crippen LogP contribution in [0.1, 0.15) is 12.6 Å². The molecule has 0 saturated heterocycles. The minimum absolute atomic E-state index is 0.414. The molecule has 1 aromatic heterocycles. The third kappa shape index (κ3) is 1.02. The van der Waals surface area contributed by atoms with Gasteiger partial charge in [-0.15, -0.1) is 0 Å². The monoisotopic (exact) mass is 175 g/mol. The molecule has 0 spiro atoms. The van der Waals surface area contributed by atoms with Crippen LogP contribution in [0.2, 0.25) is 0 Å². The zero-order chi connectivity index (χ0) is 9.42. The molecule has 1 N–H and O–H groups in total. The fraction of sp³-hybridized carbons (Fsp3) is 0.273. The van der Waals surface area contributed by atoms with E-state index in [-0.39, 0.29) is 0 Å². The lowest BCUT2D eigenvalue weighted by Gasteiger charge is -2.01. The number of nitrogens with zero attached hydrogens (tertiary/aromatic N) is 1. The van der Waals surface area contributed by atoms with E-state index in [9.17, 15) is 5.11 Å². The first kappa shape index (κ1) is 8.17. The van der Waals surface area contributed by atoms with Crippen molar-refractivity contribution in [2.24, 2.45) is 0 Å². The van der Waals surface area contributed by atoms with Gasteiger partial charge in [0.1, 0.15) is 5.75 Å². The van der Waals surface area contributed by atoms with Gasteiger partial charge in [-0.1, -0.05) is 12.1 Å². The van der Waals surface area contributed by atoms with Crippen molar-refractivity contribution in [3.63, 3.8) is 0 Å². The zero-order valence-corrected chi connectivity index (χ0v) is 7.91. The summed E-state index contributed by atoms with van der Waals surface area (Å²) >= 11 is 0. The van der Waals surface area contributed by atoms with Gasteiger partial charge in [-0.25, -0.2) is 0 Å². The van der Waals surface area contributed by atoms with Gasteiger partial charge < -0.3 is 9.67 Å². The Bertz CT molecular complexity index is 443. The molecule has 2 aromatic rings. The van der Waals surface area contributed by atoms with E-state index in [1.165, 1.54) is 0 Å². The second kappa shape index (κ2) is 2.80. The summed E-state index contributed by atoms with van der Waals surface area (Å²) in [4.78, 5) is 0. The molecule has 0 aliphatic carbocycles. The van der Waals surface area contributed by atoms with Crippen molar-refractivity contribution in [1.29, 1.82) is 0 Å². The summed E-state index contributed by atoms with van der Waals surface area (Å²) in [5.41, 5.74) is 2.06. The van der Waals surface area contributed by atoms with Crippen molar-refractivity contribution in [2.75, 3.05) is 0 Å². The maximum Gasteiger partial charge on any atom is 0.144 e. The van der Waals surface area contributed by atoms with Crippen molar-refractivity contribution >= 4 is 10.9 Å². The van der Waals surface area contributed by atoms with Gasteiger partial charge in [0, 0.05) is 11.9 Å². The van der Waals surface area contributed by atoms with Crippen LogP contribution in [0.5, 0.6) is 5.75 Å². The van der Waals surface area contributed by atoms with Gasteiger partial charge in [-0.05, 0) is 26.0 Å². The molecule has 1 aromatic carbocycles. The fourth-order valence-electron chi connectivity index (χ4n) is 1.82. The summed E-state index contributed by atoms with van der Waals surface area (Å²) in [6.45, 7) is 4.92. The van der Waals surface area contributed by atoms with E-state index in [0.29, 0.717) is 5.75 Å². The van der Waals surface area contributed by atoms with Crippen LogP contribution in [0.15, 0.2) is 24.3 Å². The van der Waals surface area contributed by atoms with Crippen LogP contribution in [0, 0.1) is 6.92 Å². The molecule has 0 bridgehead atoms. The Hall–Kier alpha value is -1.44. The van der Waals surface area contributed by atoms with Crippen molar-refractivity contribution in [3.8, 4) is 5.75 Å². The molecular weight excluding hydrogens is 162 g/mol. The first-order valence-corrected chi connectivity index (χ1v) is 4.52. The smallest absolute Gasteiger partial charge is 0.144 e. The number of aromatic hydroxyl groups is 1. The molecule has 0 radical (unpaired) electrons. The van der Waals surface area contributed by atoms with E-state index in [2.05, 4.69) is 11.5 Å². The number of rotatable bonds is 1. The Morgan fingerprint density at radius 2 is 2.00 bits per heavy atom. The van der Waals surface area contributed by atoms with Gasteiger partial charge in [-0.2, -0.15) is 0 Å². The Kier molecular flexibility index (Phi) is 1.76. The summed E-state index contributed by atoms with van der Waals surface area (Å²) in [6, 6.07) is 7.92. The van der Waals surface area contributed by atoms with Crippen LogP contribution >= 0.6 is 0 Å². The summed E-state index contributed by atoms with van der Waals surface area (Å²) in [6.07, 6.45) is 0. The quantitative estimate of drug-likeness (QED) is 0.708. The molecule has 2 rings (SSSR count). The van der Waals surface area contributed by atoms with Crippen molar-refractivity contribution in [2.45, 2.75) is 20.4 Å². The number of aryl methyl sites for hydroxylation is 1.